The number of carbonyl (C=O) groups is 1. The first-order valence-electron chi connectivity index (χ1n) is 7.89. The van der Waals surface area contributed by atoms with Crippen LogP contribution in [0.2, 0.25) is 0 Å². The maximum absolute atomic E-state index is 13.2. The minimum atomic E-state index is -0.265. The smallest absolute Gasteiger partial charge is 0.266 e. The SMILES string of the molecule is CO[C@@H]1C[C@H](c2nc(C)no2)N(C(=O)c2scnc2C(C)(C)C)C1. The van der Waals surface area contributed by atoms with E-state index in [9.17, 15) is 4.79 Å². The average molecular weight is 350 g/mol. The third kappa shape index (κ3) is 3.08. The zero-order chi connectivity index (χ0) is 17.5. The monoisotopic (exact) mass is 350 g/mol. The maximum atomic E-state index is 13.2. The summed E-state index contributed by atoms with van der Waals surface area (Å²) in [4.78, 5) is 24.3. The van der Waals surface area contributed by atoms with Crippen molar-refractivity contribution < 1.29 is 14.1 Å². The largest absolute Gasteiger partial charge is 0.380 e. The van der Waals surface area contributed by atoms with Gasteiger partial charge in [-0.3, -0.25) is 4.79 Å². The molecular weight excluding hydrogens is 328 g/mol. The van der Waals surface area contributed by atoms with Crippen molar-refractivity contribution >= 4 is 17.2 Å². The van der Waals surface area contributed by atoms with Crippen LogP contribution in [0.3, 0.4) is 0 Å². The Balaban J connectivity index is 1.94. The Morgan fingerprint density at radius 2 is 2.21 bits per heavy atom. The highest BCUT2D eigenvalue weighted by molar-refractivity contribution is 7.11. The third-order valence-electron chi connectivity index (χ3n) is 4.16. The minimum Gasteiger partial charge on any atom is -0.380 e. The Bertz CT molecular complexity index is 734. The van der Waals surface area contributed by atoms with Crippen molar-refractivity contribution in [2.75, 3.05) is 13.7 Å². The molecule has 2 aromatic heterocycles. The van der Waals surface area contributed by atoms with Crippen molar-refractivity contribution in [3.63, 3.8) is 0 Å². The van der Waals surface area contributed by atoms with Crippen LogP contribution in [0.5, 0.6) is 0 Å². The van der Waals surface area contributed by atoms with Gasteiger partial charge in [-0.2, -0.15) is 4.98 Å². The molecule has 7 nitrogen and oxygen atoms in total. The number of aromatic nitrogens is 3. The summed E-state index contributed by atoms with van der Waals surface area (Å²) in [5.41, 5.74) is 2.35. The van der Waals surface area contributed by atoms with Gasteiger partial charge in [-0.25, -0.2) is 4.98 Å². The Hall–Kier alpha value is -1.80. The van der Waals surface area contributed by atoms with Gasteiger partial charge in [0.05, 0.1) is 17.3 Å². The second-order valence-electron chi connectivity index (χ2n) is 7.03. The van der Waals surface area contributed by atoms with E-state index in [0.29, 0.717) is 29.6 Å². The second-order valence-corrected chi connectivity index (χ2v) is 7.88. The number of hydrogen-bond donors (Lipinski definition) is 0. The summed E-state index contributed by atoms with van der Waals surface area (Å²) in [5, 5.41) is 3.85. The molecule has 0 aromatic carbocycles. The van der Waals surface area contributed by atoms with E-state index in [4.69, 9.17) is 9.26 Å². The number of amides is 1. The summed E-state index contributed by atoms with van der Waals surface area (Å²) in [6.07, 6.45) is 0.602. The predicted molar refractivity (Wildman–Crippen MR) is 89.0 cm³/mol. The summed E-state index contributed by atoms with van der Waals surface area (Å²) in [6, 6.07) is -0.265. The number of ether oxygens (including phenoxy) is 1. The fourth-order valence-electron chi connectivity index (χ4n) is 2.94. The van der Waals surface area contributed by atoms with E-state index in [0.717, 1.165) is 5.69 Å². The van der Waals surface area contributed by atoms with Crippen LogP contribution in [0.25, 0.3) is 0 Å². The number of methoxy groups -OCH3 is 1. The molecule has 3 heterocycles. The molecule has 0 unspecified atom stereocenters. The predicted octanol–water partition coefficient (Wildman–Crippen LogP) is 2.73. The van der Waals surface area contributed by atoms with E-state index in [2.05, 4.69) is 35.9 Å². The number of likely N-dealkylation sites (tertiary alicyclic amines) is 1. The summed E-state index contributed by atoms with van der Waals surface area (Å²) >= 11 is 1.37. The molecule has 1 aliphatic heterocycles. The van der Waals surface area contributed by atoms with Crippen LogP contribution in [0.15, 0.2) is 10.0 Å². The summed E-state index contributed by atoms with van der Waals surface area (Å²) in [5.74, 6) is 0.969. The third-order valence-corrected chi connectivity index (χ3v) is 4.97. The van der Waals surface area contributed by atoms with Crippen molar-refractivity contribution in [3.8, 4) is 0 Å². The maximum Gasteiger partial charge on any atom is 0.266 e. The lowest BCUT2D eigenvalue weighted by atomic mass is 9.91. The van der Waals surface area contributed by atoms with Crippen molar-refractivity contribution in [2.24, 2.45) is 0 Å². The van der Waals surface area contributed by atoms with E-state index < -0.39 is 0 Å². The molecule has 2 aromatic rings. The lowest BCUT2D eigenvalue weighted by Gasteiger charge is -2.23. The van der Waals surface area contributed by atoms with Gasteiger partial charge in [0.1, 0.15) is 10.9 Å². The molecule has 8 heteroatoms. The van der Waals surface area contributed by atoms with Crippen molar-refractivity contribution in [1.29, 1.82) is 0 Å². The lowest BCUT2D eigenvalue weighted by Crippen LogP contribution is -2.33. The topological polar surface area (TPSA) is 81.4 Å². The van der Waals surface area contributed by atoms with Gasteiger partial charge < -0.3 is 14.2 Å². The number of nitrogens with zero attached hydrogens (tertiary/aromatic N) is 4. The Morgan fingerprint density at radius 3 is 2.79 bits per heavy atom. The van der Waals surface area contributed by atoms with Crippen molar-refractivity contribution in [1.82, 2.24) is 20.0 Å². The quantitative estimate of drug-likeness (QED) is 0.846. The zero-order valence-corrected chi connectivity index (χ0v) is 15.4. The summed E-state index contributed by atoms with van der Waals surface area (Å²) in [6.45, 7) is 8.44. The molecule has 2 atom stereocenters. The van der Waals surface area contributed by atoms with Gasteiger partial charge in [0.2, 0.25) is 5.89 Å². The lowest BCUT2D eigenvalue weighted by molar-refractivity contribution is 0.0673. The number of rotatable bonds is 3. The average Bonchev–Trinajstić information content (AvgIpc) is 3.23. The highest BCUT2D eigenvalue weighted by Gasteiger charge is 2.41. The first-order valence-corrected chi connectivity index (χ1v) is 8.77. The minimum absolute atomic E-state index is 0.0443. The van der Waals surface area contributed by atoms with Gasteiger partial charge in [0, 0.05) is 25.5 Å². The van der Waals surface area contributed by atoms with Crippen LogP contribution in [0, 0.1) is 6.92 Å². The van der Waals surface area contributed by atoms with Gasteiger partial charge in [-0.05, 0) is 6.92 Å². The van der Waals surface area contributed by atoms with E-state index in [1.165, 1.54) is 11.3 Å². The Morgan fingerprint density at radius 1 is 1.46 bits per heavy atom. The highest BCUT2D eigenvalue weighted by atomic mass is 32.1. The van der Waals surface area contributed by atoms with Crippen molar-refractivity contribution in [2.45, 2.75) is 51.7 Å². The second kappa shape index (κ2) is 6.25. The fourth-order valence-corrected chi connectivity index (χ4v) is 3.89. The van der Waals surface area contributed by atoms with Gasteiger partial charge >= 0.3 is 0 Å². The molecule has 0 aliphatic carbocycles. The molecule has 1 amide bonds. The van der Waals surface area contributed by atoms with Crippen LogP contribution >= 0.6 is 11.3 Å². The molecule has 1 saturated heterocycles. The zero-order valence-electron chi connectivity index (χ0n) is 14.6. The first kappa shape index (κ1) is 17.0. The molecule has 130 valence electrons. The van der Waals surface area contributed by atoms with Crippen LogP contribution in [-0.4, -0.2) is 45.7 Å². The Labute approximate surface area is 145 Å². The van der Waals surface area contributed by atoms with Gasteiger partial charge in [-0.15, -0.1) is 11.3 Å². The molecule has 3 rings (SSSR count). The van der Waals surface area contributed by atoms with Crippen LogP contribution in [0.1, 0.15) is 60.3 Å². The summed E-state index contributed by atoms with van der Waals surface area (Å²) < 4.78 is 10.8. The molecule has 0 saturated carbocycles. The van der Waals surface area contributed by atoms with Crippen LogP contribution in [0.4, 0.5) is 0 Å². The number of aryl methyl sites for hydroxylation is 1. The highest BCUT2D eigenvalue weighted by Crippen LogP contribution is 2.36. The molecule has 1 fully saturated rings. The van der Waals surface area contributed by atoms with Gasteiger partial charge in [0.25, 0.3) is 5.91 Å². The number of thiazole rings is 1. The standard InChI is InChI=1S/C16H22N4O3S/c1-9-18-14(23-19-9)11-6-10(22-5)7-20(11)15(21)12-13(16(2,3)4)17-8-24-12/h8,10-11H,6-7H2,1-5H3/t10-,11-/m1/s1. The van der Waals surface area contributed by atoms with E-state index in [1.54, 1.807) is 24.4 Å². The normalized spacial score (nSPS) is 21.5. The van der Waals surface area contributed by atoms with Gasteiger partial charge in [0.15, 0.2) is 5.82 Å². The van der Waals surface area contributed by atoms with E-state index >= 15 is 0 Å². The molecule has 0 radical (unpaired) electrons. The van der Waals surface area contributed by atoms with Crippen molar-refractivity contribution in [3.05, 3.63) is 27.8 Å². The van der Waals surface area contributed by atoms with Gasteiger partial charge in [-0.1, -0.05) is 25.9 Å². The molecule has 0 spiro atoms. The van der Waals surface area contributed by atoms with E-state index in [1.807, 2.05) is 0 Å². The molecular formula is C16H22N4O3S. The number of hydrogen-bond acceptors (Lipinski definition) is 7. The first-order chi connectivity index (χ1) is 11.3. The van der Waals surface area contributed by atoms with E-state index in [-0.39, 0.29) is 23.5 Å². The Kier molecular flexibility index (Phi) is 4.44. The molecule has 1 aliphatic rings. The van der Waals surface area contributed by atoms with Crippen LogP contribution in [-0.2, 0) is 10.2 Å². The molecule has 24 heavy (non-hydrogen) atoms. The number of carbonyl (C=O) groups excluding carboxylic acids is 1. The fraction of sp³-hybridized carbons (Fsp3) is 0.625. The molecule has 0 N–H and O–H groups in total. The summed E-state index contributed by atoms with van der Waals surface area (Å²) in [7, 11) is 1.65. The molecule has 0 bridgehead atoms. The van der Waals surface area contributed by atoms with Crippen LogP contribution < -0.4 is 0 Å².